The summed E-state index contributed by atoms with van der Waals surface area (Å²) in [5.74, 6) is -0.722. The molecule has 0 spiro atoms. The summed E-state index contributed by atoms with van der Waals surface area (Å²) in [7, 11) is 0. The van der Waals surface area contributed by atoms with E-state index in [1.807, 2.05) is 0 Å². The fourth-order valence-electron chi connectivity index (χ4n) is 2.24. The van der Waals surface area contributed by atoms with Crippen LogP contribution in [0.2, 0.25) is 0 Å². The minimum Gasteiger partial charge on any atom is -0.334 e. The summed E-state index contributed by atoms with van der Waals surface area (Å²) >= 11 is 0. The van der Waals surface area contributed by atoms with Gasteiger partial charge in [-0.3, -0.25) is 20.2 Å². The van der Waals surface area contributed by atoms with Crippen LogP contribution in [0.5, 0.6) is 0 Å². The molecule has 3 rings (SSSR count). The van der Waals surface area contributed by atoms with E-state index in [9.17, 15) is 24.6 Å². The maximum Gasteiger partial charge on any atom is 0.353 e. The maximum absolute atomic E-state index is 13.0. The summed E-state index contributed by atoms with van der Waals surface area (Å²) in [4.78, 5) is 28.8. The summed E-state index contributed by atoms with van der Waals surface area (Å²) in [6.45, 7) is 0. The van der Waals surface area contributed by atoms with E-state index in [0.717, 1.165) is 6.33 Å². The van der Waals surface area contributed by atoms with Crippen molar-refractivity contribution >= 4 is 34.4 Å². The summed E-state index contributed by atoms with van der Waals surface area (Å²) in [5.41, 5.74) is -0.00654. The lowest BCUT2D eigenvalue weighted by molar-refractivity contribution is -0.384. The molecule has 27 heavy (non-hydrogen) atoms. The van der Waals surface area contributed by atoms with E-state index in [1.54, 1.807) is 0 Å². The summed E-state index contributed by atoms with van der Waals surface area (Å²) in [6, 6.07) is 10.6. The van der Waals surface area contributed by atoms with Gasteiger partial charge in [0, 0.05) is 23.5 Å². The van der Waals surface area contributed by atoms with Crippen molar-refractivity contribution in [1.29, 1.82) is 0 Å². The van der Waals surface area contributed by atoms with Crippen molar-refractivity contribution in [3.8, 4) is 0 Å². The van der Waals surface area contributed by atoms with Crippen molar-refractivity contribution in [3.63, 3.8) is 0 Å². The number of aromatic nitrogens is 2. The highest BCUT2D eigenvalue weighted by Crippen LogP contribution is 2.33. The number of nitrogens with zero attached hydrogens (tertiary/aromatic N) is 4. The monoisotopic (exact) mass is 370 g/mol. The van der Waals surface area contributed by atoms with E-state index >= 15 is 0 Å². The molecule has 0 aliphatic carbocycles. The van der Waals surface area contributed by atoms with Gasteiger partial charge in [0.15, 0.2) is 0 Å². The van der Waals surface area contributed by atoms with E-state index < -0.39 is 21.4 Å². The summed E-state index contributed by atoms with van der Waals surface area (Å²) in [5, 5.41) is 27.8. The highest BCUT2D eigenvalue weighted by atomic mass is 19.1. The van der Waals surface area contributed by atoms with E-state index in [2.05, 4.69) is 20.6 Å². The van der Waals surface area contributed by atoms with Crippen LogP contribution in [0.4, 0.5) is 38.8 Å². The Morgan fingerprint density at radius 3 is 2.07 bits per heavy atom. The molecule has 136 valence electrons. The number of nitrogens with one attached hydrogen (secondary N) is 2. The molecular formula is C16H11FN6O4. The third kappa shape index (κ3) is 4.10. The van der Waals surface area contributed by atoms with Crippen LogP contribution in [0.15, 0.2) is 54.9 Å². The molecule has 11 heteroatoms. The number of hydrogen-bond donors (Lipinski definition) is 2. The van der Waals surface area contributed by atoms with Gasteiger partial charge in [-0.1, -0.05) is 6.07 Å². The standard InChI is InChI=1S/C16H11FN6O4/c17-10-4-6-11(7-5-10)20-15-14(23(26)27)16(19-9-18-15)21-12-2-1-3-13(8-12)22(24)25/h1-9H,(H2,18,19,20,21). The molecule has 0 fully saturated rings. The van der Waals surface area contributed by atoms with Crippen molar-refractivity contribution in [1.82, 2.24) is 9.97 Å². The van der Waals surface area contributed by atoms with Crippen LogP contribution in [-0.4, -0.2) is 19.8 Å². The number of benzene rings is 2. The van der Waals surface area contributed by atoms with Crippen molar-refractivity contribution in [2.24, 2.45) is 0 Å². The first-order valence-electron chi connectivity index (χ1n) is 7.47. The minimum absolute atomic E-state index is 0.116. The Morgan fingerprint density at radius 1 is 0.852 bits per heavy atom. The molecule has 0 radical (unpaired) electrons. The van der Waals surface area contributed by atoms with Gasteiger partial charge in [-0.05, 0) is 30.3 Å². The van der Waals surface area contributed by atoms with E-state index in [0.29, 0.717) is 5.69 Å². The van der Waals surface area contributed by atoms with Gasteiger partial charge in [-0.2, -0.15) is 0 Å². The van der Waals surface area contributed by atoms with Crippen LogP contribution >= 0.6 is 0 Å². The van der Waals surface area contributed by atoms with Gasteiger partial charge in [0.1, 0.15) is 12.1 Å². The molecule has 0 saturated heterocycles. The van der Waals surface area contributed by atoms with Crippen molar-refractivity contribution in [2.75, 3.05) is 10.6 Å². The maximum atomic E-state index is 13.0. The van der Waals surface area contributed by atoms with E-state index in [1.165, 1.54) is 48.5 Å². The zero-order valence-electron chi connectivity index (χ0n) is 13.5. The molecule has 0 aliphatic rings. The highest BCUT2D eigenvalue weighted by molar-refractivity contribution is 5.77. The lowest BCUT2D eigenvalue weighted by Crippen LogP contribution is -2.05. The van der Waals surface area contributed by atoms with Gasteiger partial charge in [0.2, 0.25) is 11.6 Å². The van der Waals surface area contributed by atoms with Crippen LogP contribution in [-0.2, 0) is 0 Å². The normalized spacial score (nSPS) is 10.3. The molecule has 1 heterocycles. The number of hydrogen-bond acceptors (Lipinski definition) is 8. The first-order chi connectivity index (χ1) is 12.9. The van der Waals surface area contributed by atoms with Gasteiger partial charge >= 0.3 is 5.69 Å². The van der Waals surface area contributed by atoms with Gasteiger partial charge in [-0.15, -0.1) is 0 Å². The van der Waals surface area contributed by atoms with Crippen LogP contribution in [0.1, 0.15) is 0 Å². The fraction of sp³-hybridized carbons (Fsp3) is 0. The average molecular weight is 370 g/mol. The Morgan fingerprint density at radius 2 is 1.48 bits per heavy atom. The Bertz CT molecular complexity index is 1010. The highest BCUT2D eigenvalue weighted by Gasteiger charge is 2.23. The summed E-state index contributed by atoms with van der Waals surface area (Å²) < 4.78 is 13.0. The number of halogens is 1. The van der Waals surface area contributed by atoms with Crippen LogP contribution in [0.3, 0.4) is 0 Å². The predicted octanol–water partition coefficient (Wildman–Crippen LogP) is 3.92. The van der Waals surface area contributed by atoms with E-state index in [4.69, 9.17) is 0 Å². The first-order valence-corrected chi connectivity index (χ1v) is 7.47. The number of rotatable bonds is 6. The minimum atomic E-state index is -0.689. The van der Waals surface area contributed by atoms with Gasteiger partial charge < -0.3 is 10.6 Å². The third-order valence-electron chi connectivity index (χ3n) is 3.43. The second-order valence-electron chi connectivity index (χ2n) is 5.24. The predicted molar refractivity (Wildman–Crippen MR) is 94.7 cm³/mol. The van der Waals surface area contributed by atoms with Crippen LogP contribution in [0, 0.1) is 26.0 Å². The average Bonchev–Trinajstić information content (AvgIpc) is 2.64. The molecular weight excluding hydrogens is 359 g/mol. The molecule has 0 saturated carbocycles. The fourth-order valence-corrected chi connectivity index (χ4v) is 2.24. The Hall–Kier alpha value is -4.15. The van der Waals surface area contributed by atoms with Crippen molar-refractivity contribution in [3.05, 3.63) is 80.9 Å². The largest absolute Gasteiger partial charge is 0.353 e. The van der Waals surface area contributed by atoms with Gasteiger partial charge in [0.25, 0.3) is 5.69 Å². The molecule has 0 atom stereocenters. The van der Waals surface area contributed by atoms with Crippen molar-refractivity contribution < 1.29 is 14.2 Å². The van der Waals surface area contributed by atoms with E-state index in [-0.39, 0.29) is 23.0 Å². The lowest BCUT2D eigenvalue weighted by Gasteiger charge is -2.10. The second kappa shape index (κ2) is 7.39. The van der Waals surface area contributed by atoms with Crippen LogP contribution < -0.4 is 10.6 Å². The molecule has 0 bridgehead atoms. The smallest absolute Gasteiger partial charge is 0.334 e. The Kier molecular flexibility index (Phi) is 4.84. The second-order valence-corrected chi connectivity index (χ2v) is 5.24. The SMILES string of the molecule is O=[N+]([O-])c1cccc(Nc2ncnc(Nc3ccc(F)cc3)c2[N+](=O)[O-])c1. The number of nitro benzene ring substituents is 1. The summed E-state index contributed by atoms with van der Waals surface area (Å²) in [6.07, 6.45) is 1.10. The van der Waals surface area contributed by atoms with Crippen molar-refractivity contribution in [2.45, 2.75) is 0 Å². The molecule has 10 nitrogen and oxygen atoms in total. The van der Waals surface area contributed by atoms with Crippen LogP contribution in [0.25, 0.3) is 0 Å². The quantitative estimate of drug-likeness (QED) is 0.492. The Balaban J connectivity index is 1.96. The van der Waals surface area contributed by atoms with Gasteiger partial charge in [0.05, 0.1) is 9.85 Å². The Labute approximate surface area is 151 Å². The zero-order chi connectivity index (χ0) is 19.4. The first kappa shape index (κ1) is 17.7. The third-order valence-corrected chi connectivity index (χ3v) is 3.43. The lowest BCUT2D eigenvalue weighted by atomic mass is 10.2. The molecule has 3 aromatic rings. The molecule has 0 amide bonds. The topological polar surface area (TPSA) is 136 Å². The number of non-ortho nitro benzene ring substituents is 1. The molecule has 2 aromatic carbocycles. The molecule has 0 aliphatic heterocycles. The zero-order valence-corrected chi connectivity index (χ0v) is 13.5. The van der Waals surface area contributed by atoms with Gasteiger partial charge in [-0.25, -0.2) is 14.4 Å². The molecule has 1 aromatic heterocycles. The number of nitro groups is 2. The number of anilines is 4. The molecule has 2 N–H and O–H groups in total. The molecule has 0 unspecified atom stereocenters.